The third-order valence-electron chi connectivity index (χ3n) is 4.27. The number of carbonyl (C=O) groups excluding carboxylic acids is 1. The lowest BCUT2D eigenvalue weighted by Gasteiger charge is -2.30. The van der Waals surface area contributed by atoms with Gasteiger partial charge in [-0.3, -0.25) is 4.79 Å². The highest BCUT2D eigenvalue weighted by molar-refractivity contribution is 5.75. The summed E-state index contributed by atoms with van der Waals surface area (Å²) in [4.78, 5) is 22.1. The van der Waals surface area contributed by atoms with Gasteiger partial charge in [0.25, 0.3) is 0 Å². The van der Waals surface area contributed by atoms with Crippen LogP contribution in [-0.2, 0) is 10.2 Å². The molecule has 23 heavy (non-hydrogen) atoms. The van der Waals surface area contributed by atoms with Gasteiger partial charge in [0, 0.05) is 24.1 Å². The van der Waals surface area contributed by atoms with E-state index in [2.05, 4.69) is 10.6 Å². The normalized spacial score (nSPS) is 16.1. The van der Waals surface area contributed by atoms with Crippen LogP contribution in [0, 0.1) is 11.6 Å². The minimum Gasteiger partial charge on any atom is -0.481 e. The number of nitrogens with one attached hydrogen (secondary N) is 2. The van der Waals surface area contributed by atoms with Crippen LogP contribution >= 0.6 is 0 Å². The van der Waals surface area contributed by atoms with Crippen LogP contribution in [0.3, 0.4) is 0 Å². The molecule has 1 saturated carbocycles. The number of rotatable bonds is 6. The van der Waals surface area contributed by atoms with Gasteiger partial charge in [-0.05, 0) is 25.0 Å². The molecule has 5 nitrogen and oxygen atoms in total. The van der Waals surface area contributed by atoms with Crippen LogP contribution in [0.5, 0.6) is 0 Å². The van der Waals surface area contributed by atoms with Crippen molar-refractivity contribution in [2.75, 3.05) is 13.1 Å². The molecule has 1 fully saturated rings. The van der Waals surface area contributed by atoms with Gasteiger partial charge in [0.1, 0.15) is 11.6 Å². The molecule has 0 spiro atoms. The van der Waals surface area contributed by atoms with Crippen LogP contribution in [0.1, 0.15) is 37.7 Å². The first-order valence-electron chi connectivity index (χ1n) is 7.63. The topological polar surface area (TPSA) is 78.4 Å². The van der Waals surface area contributed by atoms with Crippen LogP contribution < -0.4 is 10.6 Å². The Hall–Kier alpha value is -2.18. The minimum absolute atomic E-state index is 0.00221. The Morgan fingerprint density at radius 1 is 1.13 bits per heavy atom. The average molecular weight is 326 g/mol. The summed E-state index contributed by atoms with van der Waals surface area (Å²) in [6.45, 7) is 0.117. The van der Waals surface area contributed by atoms with Crippen molar-refractivity contribution in [1.82, 2.24) is 10.6 Å². The molecule has 126 valence electrons. The van der Waals surface area contributed by atoms with Gasteiger partial charge in [-0.2, -0.15) is 0 Å². The van der Waals surface area contributed by atoms with E-state index >= 15 is 0 Å². The Bertz CT molecular complexity index is 566. The standard InChI is InChI=1S/C16H20F2N2O3/c17-11-4-3-5-12(18)14(11)16(7-1-2-8-16)10-20-15(23)19-9-6-13(21)22/h3-5H,1-2,6-10H2,(H,21,22)(H2,19,20,23). The van der Waals surface area contributed by atoms with E-state index in [0.29, 0.717) is 12.8 Å². The molecule has 2 amide bonds. The van der Waals surface area contributed by atoms with Crippen molar-refractivity contribution >= 4 is 12.0 Å². The molecule has 0 aliphatic heterocycles. The van der Waals surface area contributed by atoms with Crippen molar-refractivity contribution in [3.8, 4) is 0 Å². The Morgan fingerprint density at radius 2 is 1.74 bits per heavy atom. The summed E-state index contributed by atoms with van der Waals surface area (Å²) >= 11 is 0. The monoisotopic (exact) mass is 326 g/mol. The second kappa shape index (κ2) is 7.39. The average Bonchev–Trinajstić information content (AvgIpc) is 2.94. The molecule has 0 bridgehead atoms. The van der Waals surface area contributed by atoms with Gasteiger partial charge in [-0.15, -0.1) is 0 Å². The van der Waals surface area contributed by atoms with E-state index in [1.807, 2.05) is 0 Å². The van der Waals surface area contributed by atoms with Crippen molar-refractivity contribution in [3.05, 3.63) is 35.4 Å². The highest BCUT2D eigenvalue weighted by Gasteiger charge is 2.40. The Balaban J connectivity index is 2.04. The highest BCUT2D eigenvalue weighted by atomic mass is 19.1. The van der Waals surface area contributed by atoms with Crippen LogP contribution in [0.2, 0.25) is 0 Å². The van der Waals surface area contributed by atoms with E-state index in [1.165, 1.54) is 18.2 Å². The zero-order valence-corrected chi connectivity index (χ0v) is 12.7. The van der Waals surface area contributed by atoms with Gasteiger partial charge >= 0.3 is 12.0 Å². The summed E-state index contributed by atoms with van der Waals surface area (Å²) in [6.07, 6.45) is 2.70. The summed E-state index contributed by atoms with van der Waals surface area (Å²) in [5, 5.41) is 13.6. The van der Waals surface area contributed by atoms with E-state index in [-0.39, 0.29) is 25.1 Å². The smallest absolute Gasteiger partial charge is 0.314 e. The lowest BCUT2D eigenvalue weighted by molar-refractivity contribution is -0.136. The first kappa shape index (κ1) is 17.2. The van der Waals surface area contributed by atoms with Crippen molar-refractivity contribution < 1.29 is 23.5 Å². The molecule has 1 aliphatic carbocycles. The molecule has 0 atom stereocenters. The largest absolute Gasteiger partial charge is 0.481 e. The number of aliphatic carboxylic acids is 1. The van der Waals surface area contributed by atoms with Gasteiger partial charge < -0.3 is 15.7 Å². The predicted octanol–water partition coefficient (Wildman–Crippen LogP) is 2.55. The third kappa shape index (κ3) is 4.18. The fraction of sp³-hybridized carbons (Fsp3) is 0.500. The van der Waals surface area contributed by atoms with Gasteiger partial charge in [0.05, 0.1) is 6.42 Å². The minimum atomic E-state index is -1.01. The van der Waals surface area contributed by atoms with E-state index in [4.69, 9.17) is 5.11 Å². The van der Waals surface area contributed by atoms with Crippen molar-refractivity contribution in [3.63, 3.8) is 0 Å². The quantitative estimate of drug-likeness (QED) is 0.752. The van der Waals surface area contributed by atoms with Gasteiger partial charge in [0.2, 0.25) is 0 Å². The maximum atomic E-state index is 14.1. The van der Waals surface area contributed by atoms with Crippen molar-refractivity contribution in [2.24, 2.45) is 0 Å². The maximum Gasteiger partial charge on any atom is 0.314 e. The molecule has 1 aromatic carbocycles. The number of hydrogen-bond acceptors (Lipinski definition) is 2. The number of carboxylic acids is 1. The lowest BCUT2D eigenvalue weighted by atomic mass is 9.78. The molecule has 0 heterocycles. The number of carboxylic acid groups (broad SMARTS) is 1. The molecule has 0 radical (unpaired) electrons. The zero-order valence-electron chi connectivity index (χ0n) is 12.7. The number of halogens is 2. The number of urea groups is 1. The SMILES string of the molecule is O=C(O)CCNC(=O)NCC1(c2c(F)cccc2F)CCCC1. The first-order valence-corrected chi connectivity index (χ1v) is 7.63. The molecule has 0 aromatic heterocycles. The third-order valence-corrected chi connectivity index (χ3v) is 4.27. The molecule has 0 saturated heterocycles. The molecule has 7 heteroatoms. The van der Waals surface area contributed by atoms with Crippen LogP contribution in [0.4, 0.5) is 13.6 Å². The molecular weight excluding hydrogens is 306 g/mol. The number of benzene rings is 1. The van der Waals surface area contributed by atoms with E-state index in [1.54, 1.807) is 0 Å². The van der Waals surface area contributed by atoms with Crippen molar-refractivity contribution in [2.45, 2.75) is 37.5 Å². The Morgan fingerprint density at radius 3 is 2.30 bits per heavy atom. The van der Waals surface area contributed by atoms with E-state index in [0.717, 1.165) is 12.8 Å². The number of carbonyl (C=O) groups is 2. The fourth-order valence-electron chi connectivity index (χ4n) is 3.17. The summed E-state index contributed by atoms with van der Waals surface area (Å²) in [6, 6.07) is 3.24. The van der Waals surface area contributed by atoms with Crippen LogP contribution in [0.25, 0.3) is 0 Å². The first-order chi connectivity index (χ1) is 10.9. The van der Waals surface area contributed by atoms with Gasteiger partial charge in [-0.1, -0.05) is 18.9 Å². The zero-order chi connectivity index (χ0) is 16.9. The van der Waals surface area contributed by atoms with Crippen LogP contribution in [0.15, 0.2) is 18.2 Å². The van der Waals surface area contributed by atoms with Crippen LogP contribution in [-0.4, -0.2) is 30.2 Å². The second-order valence-electron chi connectivity index (χ2n) is 5.84. The Labute approximate surface area is 133 Å². The molecule has 0 unspecified atom stereocenters. The second-order valence-corrected chi connectivity index (χ2v) is 5.84. The fourth-order valence-corrected chi connectivity index (χ4v) is 3.17. The van der Waals surface area contributed by atoms with Crippen molar-refractivity contribution in [1.29, 1.82) is 0 Å². The summed E-state index contributed by atoms with van der Waals surface area (Å²) < 4.78 is 28.3. The Kier molecular flexibility index (Phi) is 5.52. The number of amides is 2. The lowest BCUT2D eigenvalue weighted by Crippen LogP contribution is -2.44. The number of hydrogen-bond donors (Lipinski definition) is 3. The van der Waals surface area contributed by atoms with E-state index < -0.39 is 29.0 Å². The summed E-state index contributed by atoms with van der Waals surface area (Å²) in [5.74, 6) is -2.20. The molecular formula is C16H20F2N2O3. The molecule has 3 N–H and O–H groups in total. The predicted molar refractivity (Wildman–Crippen MR) is 80.2 cm³/mol. The summed E-state index contributed by atoms with van der Waals surface area (Å²) in [7, 11) is 0. The molecule has 1 aliphatic rings. The van der Waals surface area contributed by atoms with Gasteiger partial charge in [-0.25, -0.2) is 13.6 Å². The van der Waals surface area contributed by atoms with Gasteiger partial charge in [0.15, 0.2) is 0 Å². The molecule has 2 rings (SSSR count). The summed E-state index contributed by atoms with van der Waals surface area (Å²) in [5.41, 5.74) is -0.720. The maximum absolute atomic E-state index is 14.1. The highest BCUT2D eigenvalue weighted by Crippen LogP contribution is 2.42. The molecule has 1 aromatic rings. The van der Waals surface area contributed by atoms with E-state index in [9.17, 15) is 18.4 Å².